The molecular weight excluding hydrogens is 386 g/mol. The second-order valence-corrected chi connectivity index (χ2v) is 7.19. The van der Waals surface area contributed by atoms with Crippen LogP contribution >= 0.6 is 0 Å². The van der Waals surface area contributed by atoms with Crippen LogP contribution in [0.4, 0.5) is 0 Å². The molecule has 0 aromatic heterocycles. The van der Waals surface area contributed by atoms with E-state index in [9.17, 15) is 14.4 Å². The van der Waals surface area contributed by atoms with Gasteiger partial charge in [-0.25, -0.2) is 9.59 Å². The summed E-state index contributed by atoms with van der Waals surface area (Å²) in [6, 6.07) is 7.97. The van der Waals surface area contributed by atoms with Crippen LogP contribution < -0.4 is 5.32 Å². The summed E-state index contributed by atoms with van der Waals surface area (Å²) in [6.45, 7) is 7.37. The summed E-state index contributed by atoms with van der Waals surface area (Å²) in [6.07, 6.45) is 1.91. The first-order chi connectivity index (χ1) is 14.4. The molecular formula is C23H31NO6. The van der Waals surface area contributed by atoms with Crippen molar-refractivity contribution in [2.75, 3.05) is 6.61 Å². The van der Waals surface area contributed by atoms with Gasteiger partial charge in [-0.1, -0.05) is 32.0 Å². The van der Waals surface area contributed by atoms with Crippen LogP contribution in [0.5, 0.6) is 0 Å². The Hall–Kier alpha value is -2.67. The third kappa shape index (κ3) is 6.42. The first-order valence-corrected chi connectivity index (χ1v) is 10.5. The van der Waals surface area contributed by atoms with Crippen LogP contribution in [0, 0.1) is 0 Å². The van der Waals surface area contributed by atoms with Gasteiger partial charge >= 0.3 is 11.9 Å². The lowest BCUT2D eigenvalue weighted by Gasteiger charge is -2.37. The second-order valence-electron chi connectivity index (χ2n) is 7.19. The van der Waals surface area contributed by atoms with E-state index in [1.165, 1.54) is 6.92 Å². The minimum atomic E-state index is -0.773. The monoisotopic (exact) mass is 417 g/mol. The number of amides is 1. The number of carbonyl (C=O) groups is 3. The van der Waals surface area contributed by atoms with E-state index in [0.29, 0.717) is 11.1 Å². The van der Waals surface area contributed by atoms with E-state index >= 15 is 0 Å². The van der Waals surface area contributed by atoms with Crippen molar-refractivity contribution in [3.63, 3.8) is 0 Å². The number of nitrogens with one attached hydrogen (secondary N) is 1. The second kappa shape index (κ2) is 11.5. The molecule has 0 saturated heterocycles. The summed E-state index contributed by atoms with van der Waals surface area (Å²) in [4.78, 5) is 37.0. The molecule has 1 aliphatic carbocycles. The lowest BCUT2D eigenvalue weighted by Crippen LogP contribution is -2.55. The van der Waals surface area contributed by atoms with E-state index in [0.717, 1.165) is 12.8 Å². The standard InChI is InChI=1S/C23H31NO6/c1-5-18(6-2)29-19-13-17(22(26)28-7-3)14-20(21(19)24-15(4)25)30-23(27)16-11-9-8-10-12-16/h8-13,18-21H,5-7,14H2,1-4H3,(H,24,25). The van der Waals surface area contributed by atoms with Crippen LogP contribution in [0.2, 0.25) is 0 Å². The summed E-state index contributed by atoms with van der Waals surface area (Å²) in [5.41, 5.74) is 0.768. The summed E-state index contributed by atoms with van der Waals surface area (Å²) in [5, 5.41) is 2.85. The molecule has 0 saturated carbocycles. The largest absolute Gasteiger partial charge is 0.463 e. The average Bonchev–Trinajstić information content (AvgIpc) is 2.74. The van der Waals surface area contributed by atoms with Gasteiger partial charge in [0.1, 0.15) is 12.2 Å². The fraction of sp³-hybridized carbons (Fsp3) is 0.522. The van der Waals surface area contributed by atoms with Gasteiger partial charge in [-0.3, -0.25) is 4.79 Å². The minimum Gasteiger partial charge on any atom is -0.463 e. The zero-order valence-electron chi connectivity index (χ0n) is 18.1. The van der Waals surface area contributed by atoms with Gasteiger partial charge in [0.25, 0.3) is 0 Å². The Morgan fingerprint density at radius 2 is 1.73 bits per heavy atom. The average molecular weight is 418 g/mol. The van der Waals surface area contributed by atoms with E-state index in [4.69, 9.17) is 14.2 Å². The highest BCUT2D eigenvalue weighted by Gasteiger charge is 2.40. The molecule has 1 amide bonds. The van der Waals surface area contributed by atoms with Crippen molar-refractivity contribution in [2.45, 2.75) is 71.3 Å². The zero-order chi connectivity index (χ0) is 22.1. The number of hydrogen-bond donors (Lipinski definition) is 1. The highest BCUT2D eigenvalue weighted by Crippen LogP contribution is 2.27. The molecule has 0 radical (unpaired) electrons. The molecule has 1 aliphatic rings. The van der Waals surface area contributed by atoms with E-state index in [1.807, 2.05) is 13.8 Å². The predicted octanol–water partition coefficient (Wildman–Crippen LogP) is 3.18. The van der Waals surface area contributed by atoms with Gasteiger partial charge in [0.15, 0.2) is 0 Å². The normalized spacial score (nSPS) is 21.0. The molecule has 3 atom stereocenters. The van der Waals surface area contributed by atoms with Crippen molar-refractivity contribution in [3.8, 4) is 0 Å². The Morgan fingerprint density at radius 3 is 2.30 bits per heavy atom. The van der Waals surface area contributed by atoms with Crippen LogP contribution in [-0.4, -0.2) is 48.8 Å². The molecule has 0 bridgehead atoms. The first kappa shape index (κ1) is 23.6. The number of hydrogen-bond acceptors (Lipinski definition) is 6. The number of benzene rings is 1. The SMILES string of the molecule is CCOC(=O)C1=CC(OC(CC)CC)C(NC(C)=O)C(OC(=O)c2ccccc2)C1. The van der Waals surface area contributed by atoms with Gasteiger partial charge in [-0.2, -0.15) is 0 Å². The van der Waals surface area contributed by atoms with Crippen LogP contribution in [-0.2, 0) is 23.8 Å². The Bertz CT molecular complexity index is 756. The third-order valence-corrected chi connectivity index (χ3v) is 4.98. The van der Waals surface area contributed by atoms with Gasteiger partial charge in [-0.15, -0.1) is 0 Å². The van der Waals surface area contributed by atoms with Crippen LogP contribution in [0.15, 0.2) is 42.0 Å². The molecule has 1 aromatic rings. The highest BCUT2D eigenvalue weighted by atomic mass is 16.6. The van der Waals surface area contributed by atoms with E-state index < -0.39 is 30.2 Å². The van der Waals surface area contributed by atoms with Gasteiger partial charge in [0.2, 0.25) is 5.91 Å². The number of carbonyl (C=O) groups excluding carboxylic acids is 3. The first-order valence-electron chi connectivity index (χ1n) is 10.5. The van der Waals surface area contributed by atoms with Crippen LogP contribution in [0.25, 0.3) is 0 Å². The van der Waals surface area contributed by atoms with E-state index in [2.05, 4.69) is 5.32 Å². The molecule has 0 aliphatic heterocycles. The number of esters is 2. The molecule has 2 rings (SSSR count). The molecule has 164 valence electrons. The molecule has 3 unspecified atom stereocenters. The maximum absolute atomic E-state index is 12.7. The third-order valence-electron chi connectivity index (χ3n) is 4.98. The zero-order valence-corrected chi connectivity index (χ0v) is 18.1. The van der Waals surface area contributed by atoms with Crippen LogP contribution in [0.1, 0.15) is 57.3 Å². The molecule has 30 heavy (non-hydrogen) atoms. The Morgan fingerprint density at radius 1 is 1.07 bits per heavy atom. The van der Waals surface area contributed by atoms with Crippen molar-refractivity contribution in [1.29, 1.82) is 0 Å². The maximum atomic E-state index is 12.7. The van der Waals surface area contributed by atoms with Crippen molar-refractivity contribution >= 4 is 17.8 Å². The van der Waals surface area contributed by atoms with Crippen molar-refractivity contribution in [1.82, 2.24) is 5.32 Å². The van der Waals surface area contributed by atoms with Crippen molar-refractivity contribution in [3.05, 3.63) is 47.5 Å². The fourth-order valence-electron chi connectivity index (χ4n) is 3.43. The lowest BCUT2D eigenvalue weighted by molar-refractivity contribution is -0.139. The lowest BCUT2D eigenvalue weighted by atomic mass is 9.89. The number of ether oxygens (including phenoxy) is 3. The summed E-state index contributed by atoms with van der Waals surface area (Å²) in [5.74, 6) is -1.27. The smallest absolute Gasteiger partial charge is 0.338 e. The molecule has 0 heterocycles. The molecule has 0 fully saturated rings. The van der Waals surface area contributed by atoms with Gasteiger partial charge < -0.3 is 19.5 Å². The van der Waals surface area contributed by atoms with E-state index in [-0.39, 0.29) is 25.0 Å². The predicted molar refractivity (Wildman–Crippen MR) is 112 cm³/mol. The fourth-order valence-corrected chi connectivity index (χ4v) is 3.43. The molecule has 7 heteroatoms. The minimum absolute atomic E-state index is 0.0606. The number of rotatable bonds is 9. The summed E-state index contributed by atoms with van der Waals surface area (Å²) in [7, 11) is 0. The van der Waals surface area contributed by atoms with Crippen molar-refractivity contribution in [2.24, 2.45) is 0 Å². The Balaban J connectivity index is 2.35. The maximum Gasteiger partial charge on any atom is 0.338 e. The quantitative estimate of drug-likeness (QED) is 0.621. The van der Waals surface area contributed by atoms with E-state index in [1.54, 1.807) is 43.3 Å². The summed E-state index contributed by atoms with van der Waals surface area (Å²) < 4.78 is 17.1. The van der Waals surface area contributed by atoms with Gasteiger partial charge in [0.05, 0.1) is 24.3 Å². The van der Waals surface area contributed by atoms with Crippen LogP contribution in [0.3, 0.4) is 0 Å². The topological polar surface area (TPSA) is 90.9 Å². The van der Waals surface area contributed by atoms with Gasteiger partial charge in [0, 0.05) is 18.9 Å². The Labute approximate surface area is 177 Å². The molecule has 1 aromatic carbocycles. The molecule has 0 spiro atoms. The summed E-state index contributed by atoms with van der Waals surface area (Å²) >= 11 is 0. The highest BCUT2D eigenvalue weighted by molar-refractivity contribution is 5.91. The van der Waals surface area contributed by atoms with Gasteiger partial charge in [-0.05, 0) is 38.0 Å². The van der Waals surface area contributed by atoms with Crippen molar-refractivity contribution < 1.29 is 28.6 Å². The molecule has 1 N–H and O–H groups in total. The Kier molecular flexibility index (Phi) is 9.05. The molecule has 7 nitrogen and oxygen atoms in total.